The van der Waals surface area contributed by atoms with Gasteiger partial charge in [-0.15, -0.1) is 0 Å². The van der Waals surface area contributed by atoms with Gasteiger partial charge in [0.05, 0.1) is 19.3 Å². The van der Waals surface area contributed by atoms with E-state index in [1.54, 1.807) is 0 Å². The molecule has 1 aromatic carbocycles. The fraction of sp³-hybridized carbons (Fsp3) is 0.533. The third-order valence-electron chi connectivity index (χ3n) is 3.11. The first-order valence-electron chi connectivity index (χ1n) is 7.13. The number of amides is 1. The van der Waals surface area contributed by atoms with Gasteiger partial charge in [-0.05, 0) is 31.9 Å². The molecular weight excluding hydrogens is 256 g/mol. The van der Waals surface area contributed by atoms with Crippen molar-refractivity contribution in [3.05, 3.63) is 24.3 Å². The number of hydrogen-bond acceptors (Lipinski definition) is 4. The van der Waals surface area contributed by atoms with Gasteiger partial charge >= 0.3 is 0 Å². The minimum Gasteiger partial charge on any atom is -0.494 e. The van der Waals surface area contributed by atoms with Crippen molar-refractivity contribution in [3.63, 3.8) is 0 Å². The highest BCUT2D eigenvalue weighted by atomic mass is 16.5. The van der Waals surface area contributed by atoms with E-state index in [0.29, 0.717) is 13.2 Å². The summed E-state index contributed by atoms with van der Waals surface area (Å²) in [5.41, 5.74) is 0.750. The largest absolute Gasteiger partial charge is 0.494 e. The molecule has 0 bridgehead atoms. The standard InChI is InChI=1S/C15H22N2O3/c1-2-19-13-6-3-5-12(9-13)17-15(18)11-16-10-14-7-4-8-20-14/h3,5-6,9,14,16H,2,4,7-8,10-11H2,1H3,(H,17,18). The van der Waals surface area contributed by atoms with E-state index in [1.165, 1.54) is 0 Å². The van der Waals surface area contributed by atoms with E-state index in [0.717, 1.165) is 37.4 Å². The number of carbonyl (C=O) groups is 1. The van der Waals surface area contributed by atoms with Crippen LogP contribution in [-0.4, -0.2) is 38.3 Å². The maximum atomic E-state index is 11.8. The molecule has 0 spiro atoms. The van der Waals surface area contributed by atoms with Gasteiger partial charge in [0.2, 0.25) is 5.91 Å². The summed E-state index contributed by atoms with van der Waals surface area (Å²) in [5, 5.41) is 5.96. The van der Waals surface area contributed by atoms with Crippen LogP contribution < -0.4 is 15.4 Å². The summed E-state index contributed by atoms with van der Waals surface area (Å²) in [6, 6.07) is 7.40. The van der Waals surface area contributed by atoms with E-state index in [4.69, 9.17) is 9.47 Å². The Labute approximate surface area is 119 Å². The van der Waals surface area contributed by atoms with Crippen molar-refractivity contribution in [1.29, 1.82) is 0 Å². The van der Waals surface area contributed by atoms with Crippen molar-refractivity contribution in [1.82, 2.24) is 5.32 Å². The lowest BCUT2D eigenvalue weighted by Gasteiger charge is -2.11. The Morgan fingerprint density at radius 1 is 1.50 bits per heavy atom. The molecule has 1 amide bonds. The second kappa shape index (κ2) is 7.87. The summed E-state index contributed by atoms with van der Waals surface area (Å²) in [4.78, 5) is 11.8. The fourth-order valence-corrected chi connectivity index (χ4v) is 2.19. The Balaban J connectivity index is 1.71. The molecule has 1 heterocycles. The summed E-state index contributed by atoms with van der Waals surface area (Å²) in [5.74, 6) is 0.703. The predicted molar refractivity (Wildman–Crippen MR) is 78.1 cm³/mol. The molecule has 1 aliphatic heterocycles. The van der Waals surface area contributed by atoms with Crippen molar-refractivity contribution in [2.45, 2.75) is 25.9 Å². The van der Waals surface area contributed by atoms with E-state index in [-0.39, 0.29) is 12.0 Å². The molecule has 1 fully saturated rings. The monoisotopic (exact) mass is 278 g/mol. The first-order valence-corrected chi connectivity index (χ1v) is 7.13. The van der Waals surface area contributed by atoms with Crippen LogP contribution >= 0.6 is 0 Å². The molecule has 110 valence electrons. The lowest BCUT2D eigenvalue weighted by atomic mass is 10.2. The first kappa shape index (κ1) is 14.8. The van der Waals surface area contributed by atoms with Gasteiger partial charge in [0, 0.05) is 24.9 Å². The zero-order chi connectivity index (χ0) is 14.2. The van der Waals surface area contributed by atoms with Crippen LogP contribution in [0.1, 0.15) is 19.8 Å². The summed E-state index contributed by atoms with van der Waals surface area (Å²) < 4.78 is 10.9. The molecule has 5 heteroatoms. The molecule has 1 saturated heterocycles. The molecule has 1 unspecified atom stereocenters. The predicted octanol–water partition coefficient (Wildman–Crippen LogP) is 1.79. The van der Waals surface area contributed by atoms with Crippen molar-refractivity contribution in [3.8, 4) is 5.75 Å². The summed E-state index contributed by atoms with van der Waals surface area (Å²) >= 11 is 0. The molecule has 0 aromatic heterocycles. The van der Waals surface area contributed by atoms with Gasteiger partial charge in [-0.25, -0.2) is 0 Å². The highest BCUT2D eigenvalue weighted by Gasteiger charge is 2.15. The van der Waals surface area contributed by atoms with E-state index < -0.39 is 0 Å². The highest BCUT2D eigenvalue weighted by molar-refractivity contribution is 5.92. The summed E-state index contributed by atoms with van der Waals surface area (Å²) in [7, 11) is 0. The highest BCUT2D eigenvalue weighted by Crippen LogP contribution is 2.17. The minimum absolute atomic E-state index is 0.0587. The lowest BCUT2D eigenvalue weighted by Crippen LogP contribution is -2.33. The molecule has 2 N–H and O–H groups in total. The second-order valence-electron chi connectivity index (χ2n) is 4.77. The third-order valence-corrected chi connectivity index (χ3v) is 3.11. The molecule has 1 aliphatic rings. The maximum Gasteiger partial charge on any atom is 0.238 e. The van der Waals surface area contributed by atoms with E-state index in [2.05, 4.69) is 10.6 Å². The smallest absolute Gasteiger partial charge is 0.238 e. The topological polar surface area (TPSA) is 59.6 Å². The van der Waals surface area contributed by atoms with Gasteiger partial charge in [-0.3, -0.25) is 4.79 Å². The van der Waals surface area contributed by atoms with Crippen molar-refractivity contribution < 1.29 is 14.3 Å². The number of benzene rings is 1. The normalized spacial score (nSPS) is 17.9. The Bertz CT molecular complexity index is 431. The molecule has 1 aromatic rings. The second-order valence-corrected chi connectivity index (χ2v) is 4.77. The van der Waals surface area contributed by atoms with Crippen LogP contribution in [-0.2, 0) is 9.53 Å². The molecule has 0 aliphatic carbocycles. The maximum absolute atomic E-state index is 11.8. The van der Waals surface area contributed by atoms with Crippen LogP contribution in [0.5, 0.6) is 5.75 Å². The molecule has 0 radical (unpaired) electrons. The van der Waals surface area contributed by atoms with Crippen LogP contribution in [0.2, 0.25) is 0 Å². The Hall–Kier alpha value is -1.59. The summed E-state index contributed by atoms with van der Waals surface area (Å²) in [6.45, 7) is 4.40. The van der Waals surface area contributed by atoms with E-state index >= 15 is 0 Å². The van der Waals surface area contributed by atoms with Crippen molar-refractivity contribution in [2.75, 3.05) is 31.6 Å². The number of rotatable bonds is 7. The molecule has 5 nitrogen and oxygen atoms in total. The Morgan fingerprint density at radius 2 is 2.40 bits per heavy atom. The third kappa shape index (κ3) is 4.83. The number of nitrogens with one attached hydrogen (secondary N) is 2. The average Bonchev–Trinajstić information content (AvgIpc) is 2.93. The number of carbonyl (C=O) groups excluding carboxylic acids is 1. The summed E-state index contributed by atoms with van der Waals surface area (Å²) in [6.07, 6.45) is 2.44. The van der Waals surface area contributed by atoms with Gasteiger partial charge in [0.1, 0.15) is 5.75 Å². The number of ether oxygens (including phenoxy) is 2. The number of hydrogen-bond donors (Lipinski definition) is 2. The van der Waals surface area contributed by atoms with Crippen LogP contribution in [0.25, 0.3) is 0 Å². The van der Waals surface area contributed by atoms with Gasteiger partial charge in [-0.2, -0.15) is 0 Å². The molecule has 0 saturated carbocycles. The van der Waals surface area contributed by atoms with Gasteiger partial charge in [0.15, 0.2) is 0 Å². The van der Waals surface area contributed by atoms with Gasteiger partial charge < -0.3 is 20.1 Å². The molecule has 2 rings (SSSR count). The van der Waals surface area contributed by atoms with Crippen LogP contribution in [0.4, 0.5) is 5.69 Å². The van der Waals surface area contributed by atoms with Crippen LogP contribution in [0.15, 0.2) is 24.3 Å². The van der Waals surface area contributed by atoms with E-state index in [1.807, 2.05) is 31.2 Å². The average molecular weight is 278 g/mol. The quantitative estimate of drug-likeness (QED) is 0.798. The van der Waals surface area contributed by atoms with Crippen molar-refractivity contribution in [2.24, 2.45) is 0 Å². The Morgan fingerprint density at radius 3 is 3.15 bits per heavy atom. The zero-order valence-corrected chi connectivity index (χ0v) is 11.9. The Kier molecular flexibility index (Phi) is 5.83. The number of anilines is 1. The molecule has 20 heavy (non-hydrogen) atoms. The van der Waals surface area contributed by atoms with E-state index in [9.17, 15) is 4.79 Å². The zero-order valence-electron chi connectivity index (χ0n) is 11.9. The van der Waals surface area contributed by atoms with Gasteiger partial charge in [0.25, 0.3) is 0 Å². The van der Waals surface area contributed by atoms with Crippen LogP contribution in [0.3, 0.4) is 0 Å². The fourth-order valence-electron chi connectivity index (χ4n) is 2.19. The first-order chi connectivity index (χ1) is 9.78. The SMILES string of the molecule is CCOc1cccc(NC(=O)CNCC2CCCO2)c1. The molecule has 1 atom stereocenters. The van der Waals surface area contributed by atoms with Crippen LogP contribution in [0, 0.1) is 0 Å². The lowest BCUT2D eigenvalue weighted by molar-refractivity contribution is -0.115. The van der Waals surface area contributed by atoms with Crippen molar-refractivity contribution >= 4 is 11.6 Å². The minimum atomic E-state index is -0.0587. The molecular formula is C15H22N2O3. The van der Waals surface area contributed by atoms with Gasteiger partial charge in [-0.1, -0.05) is 6.07 Å².